The first-order chi connectivity index (χ1) is 9.20. The fourth-order valence-electron chi connectivity index (χ4n) is 2.44. The average molecular weight is 274 g/mol. The van der Waals surface area contributed by atoms with Gasteiger partial charge in [-0.3, -0.25) is 0 Å². The van der Waals surface area contributed by atoms with Crippen LogP contribution in [0.15, 0.2) is 36.4 Å². The Balaban J connectivity index is 2.01. The summed E-state index contributed by atoms with van der Waals surface area (Å²) in [6.45, 7) is 2.03. The van der Waals surface area contributed by atoms with Gasteiger partial charge in [0.25, 0.3) is 0 Å². The van der Waals surface area contributed by atoms with E-state index in [1.54, 1.807) is 0 Å². The van der Waals surface area contributed by atoms with Gasteiger partial charge in [-0.2, -0.15) is 4.57 Å². The van der Waals surface area contributed by atoms with E-state index in [9.17, 15) is 4.57 Å². The highest BCUT2D eigenvalue weighted by Crippen LogP contribution is 2.71. The van der Waals surface area contributed by atoms with Crippen LogP contribution in [-0.2, 0) is 11.0 Å². The van der Waals surface area contributed by atoms with Crippen molar-refractivity contribution in [3.8, 4) is 28.4 Å². The van der Waals surface area contributed by atoms with Crippen molar-refractivity contribution in [1.29, 1.82) is 0 Å². The van der Waals surface area contributed by atoms with Gasteiger partial charge in [-0.25, -0.2) is 0 Å². The lowest BCUT2D eigenvalue weighted by molar-refractivity contribution is 0.353. The second-order valence-electron chi connectivity index (χ2n) is 4.51. The largest absolute Gasteiger partial charge is 0.647 e. The van der Waals surface area contributed by atoms with Crippen LogP contribution in [0.25, 0.3) is 11.1 Å². The minimum Gasteiger partial charge on any atom is -0.381 e. The molecule has 0 saturated heterocycles. The first-order valence-electron chi connectivity index (χ1n) is 6.14. The zero-order chi connectivity index (χ0) is 13.0. The fraction of sp³-hybridized carbons (Fsp3) is 0.143. The molecule has 4 nitrogen and oxygen atoms in total. The van der Waals surface area contributed by atoms with Gasteiger partial charge in [-0.1, -0.05) is 37.3 Å². The number of aryl methyl sites for hydroxylation is 1. The van der Waals surface area contributed by atoms with Gasteiger partial charge in [-0.15, -0.1) is 0 Å². The van der Waals surface area contributed by atoms with Crippen LogP contribution in [0.1, 0.15) is 12.5 Å². The molecule has 0 aromatic heterocycles. The third-order valence-electron chi connectivity index (χ3n) is 3.34. The summed E-state index contributed by atoms with van der Waals surface area (Å²) < 4.78 is 28.1. The van der Waals surface area contributed by atoms with Crippen LogP contribution in [-0.4, -0.2) is 0 Å². The molecule has 2 bridgehead atoms. The predicted molar refractivity (Wildman–Crippen MR) is 70.7 cm³/mol. The molecule has 2 aliphatic heterocycles. The van der Waals surface area contributed by atoms with Gasteiger partial charge in [0.2, 0.25) is 5.75 Å². The van der Waals surface area contributed by atoms with E-state index in [4.69, 9.17) is 13.6 Å². The van der Waals surface area contributed by atoms with Gasteiger partial charge in [0.05, 0.1) is 0 Å². The number of hydrogen-bond donors (Lipinski definition) is 0. The molecular weight excluding hydrogens is 263 g/mol. The molecule has 0 amide bonds. The van der Waals surface area contributed by atoms with Crippen molar-refractivity contribution in [3.63, 3.8) is 0 Å². The molecule has 0 N–H and O–H groups in total. The molecule has 5 heteroatoms. The maximum Gasteiger partial charge on any atom is 0.647 e. The van der Waals surface area contributed by atoms with Crippen molar-refractivity contribution in [3.05, 3.63) is 42.0 Å². The molecule has 1 unspecified atom stereocenters. The summed E-state index contributed by atoms with van der Waals surface area (Å²) in [5.41, 5.74) is 2.90. The number of benzene rings is 2. The molecule has 4 rings (SSSR count). The van der Waals surface area contributed by atoms with Crippen LogP contribution in [0.5, 0.6) is 17.2 Å². The van der Waals surface area contributed by atoms with E-state index in [-0.39, 0.29) is 0 Å². The summed E-state index contributed by atoms with van der Waals surface area (Å²) in [6.07, 6.45) is 0.784. The van der Waals surface area contributed by atoms with Crippen molar-refractivity contribution in [2.45, 2.75) is 13.3 Å². The van der Waals surface area contributed by atoms with Crippen LogP contribution in [0, 0.1) is 0 Å². The summed E-state index contributed by atoms with van der Waals surface area (Å²) in [4.78, 5) is 0. The molecule has 2 aromatic rings. The molecule has 0 spiro atoms. The monoisotopic (exact) mass is 274 g/mol. The fourth-order valence-corrected chi connectivity index (χ4v) is 3.77. The Morgan fingerprint density at radius 2 is 1.68 bits per heavy atom. The van der Waals surface area contributed by atoms with E-state index in [0.29, 0.717) is 17.2 Å². The highest BCUT2D eigenvalue weighted by molar-refractivity contribution is 7.50. The Bertz CT molecular complexity index is 724. The molecule has 2 heterocycles. The van der Waals surface area contributed by atoms with Gasteiger partial charge in [-0.05, 0) is 23.6 Å². The van der Waals surface area contributed by atoms with Crippen molar-refractivity contribution in [2.75, 3.05) is 0 Å². The number of rotatable bonds is 2. The summed E-state index contributed by atoms with van der Waals surface area (Å²) in [6, 6.07) is 11.9. The van der Waals surface area contributed by atoms with E-state index < -0.39 is 7.82 Å². The minimum absolute atomic E-state index is 0.488. The molecule has 96 valence electrons. The summed E-state index contributed by atoms with van der Waals surface area (Å²) >= 11 is 0. The number of fused-ring (bicyclic) bond motifs is 1. The van der Waals surface area contributed by atoms with Crippen LogP contribution < -0.4 is 13.6 Å². The zero-order valence-electron chi connectivity index (χ0n) is 10.3. The van der Waals surface area contributed by atoms with E-state index >= 15 is 0 Å². The number of phosphoric ester groups is 1. The van der Waals surface area contributed by atoms with Crippen molar-refractivity contribution < 1.29 is 18.1 Å². The third-order valence-corrected chi connectivity index (χ3v) is 4.56. The maximum atomic E-state index is 12.1. The molecule has 0 aliphatic carbocycles. The molecule has 0 fully saturated rings. The highest BCUT2D eigenvalue weighted by Gasteiger charge is 2.52. The van der Waals surface area contributed by atoms with Gasteiger partial charge in [0, 0.05) is 5.56 Å². The van der Waals surface area contributed by atoms with Gasteiger partial charge < -0.3 is 13.6 Å². The van der Waals surface area contributed by atoms with Crippen LogP contribution in [0.3, 0.4) is 0 Å². The Morgan fingerprint density at radius 3 is 2.37 bits per heavy atom. The number of hydrogen-bond acceptors (Lipinski definition) is 4. The first-order valence-corrected chi connectivity index (χ1v) is 7.60. The average Bonchev–Trinajstić information content (AvgIpc) is 2.94. The van der Waals surface area contributed by atoms with Crippen LogP contribution in [0.4, 0.5) is 0 Å². The summed E-state index contributed by atoms with van der Waals surface area (Å²) in [5.74, 6) is 1.60. The zero-order valence-corrected chi connectivity index (χ0v) is 11.1. The molecule has 2 aliphatic rings. The Kier molecular flexibility index (Phi) is 2.04. The molecule has 1 atom stereocenters. The summed E-state index contributed by atoms with van der Waals surface area (Å²) in [7, 11) is -3.44. The lowest BCUT2D eigenvalue weighted by Crippen LogP contribution is -2.01. The SMILES string of the molecule is CCc1cc(-c2ccccc2)c2c3c1OP(=O)(O2)O3. The molecule has 19 heavy (non-hydrogen) atoms. The molecule has 0 radical (unpaired) electrons. The van der Waals surface area contributed by atoms with E-state index in [1.165, 1.54) is 0 Å². The van der Waals surface area contributed by atoms with Crippen molar-refractivity contribution in [1.82, 2.24) is 0 Å². The second kappa shape index (κ2) is 3.55. The smallest absolute Gasteiger partial charge is 0.381 e. The second-order valence-corrected chi connectivity index (χ2v) is 5.95. The standard InChI is InChI=1S/C14H11O4P/c1-2-9-8-11(10-6-4-3-5-7-10)13-14-12(9)16-19(15,17-13)18-14/h3-8H,2H2,1H3. The minimum atomic E-state index is -3.44. The van der Waals surface area contributed by atoms with E-state index in [0.717, 1.165) is 23.1 Å². The molecular formula is C14H11O4P. The Morgan fingerprint density at radius 1 is 1.00 bits per heavy atom. The molecule has 0 saturated carbocycles. The normalized spacial score (nSPS) is 21.7. The van der Waals surface area contributed by atoms with Gasteiger partial charge in [0.15, 0.2) is 11.5 Å². The van der Waals surface area contributed by atoms with E-state index in [1.807, 2.05) is 43.3 Å². The van der Waals surface area contributed by atoms with Crippen LogP contribution >= 0.6 is 7.82 Å². The number of phosphoric acid groups is 1. The van der Waals surface area contributed by atoms with Crippen molar-refractivity contribution >= 4 is 7.82 Å². The topological polar surface area (TPSA) is 44.8 Å². The van der Waals surface area contributed by atoms with E-state index in [2.05, 4.69) is 0 Å². The lowest BCUT2D eigenvalue weighted by Gasteiger charge is -2.16. The summed E-state index contributed by atoms with van der Waals surface area (Å²) in [5, 5.41) is 0. The molecule has 2 aromatic carbocycles. The van der Waals surface area contributed by atoms with Crippen LogP contribution in [0.2, 0.25) is 0 Å². The van der Waals surface area contributed by atoms with Gasteiger partial charge in [0.1, 0.15) is 0 Å². The Labute approximate surface area is 110 Å². The highest BCUT2D eigenvalue weighted by atomic mass is 31.2. The predicted octanol–water partition coefficient (Wildman–Crippen LogP) is 4.19. The van der Waals surface area contributed by atoms with Gasteiger partial charge >= 0.3 is 7.82 Å². The quantitative estimate of drug-likeness (QED) is 0.770. The first kappa shape index (κ1) is 10.9. The van der Waals surface area contributed by atoms with Crippen molar-refractivity contribution in [2.24, 2.45) is 0 Å². The third kappa shape index (κ3) is 1.44. The maximum absolute atomic E-state index is 12.1. The Hall–Kier alpha value is -1.93. The lowest BCUT2D eigenvalue weighted by atomic mass is 9.99.